The standard InChI is InChI=1S/C16H28N2O2/c1-7-10-12(6)18-13(11(4)5)14(19)17-16(8-2,9-3)15(18)20/h7,11-13H,1,8-10H2,2-6H3,(H,17,19). The molecular weight excluding hydrogens is 252 g/mol. The number of amides is 2. The summed E-state index contributed by atoms with van der Waals surface area (Å²) in [7, 11) is 0. The first-order valence-corrected chi connectivity index (χ1v) is 7.60. The molecule has 0 spiro atoms. The lowest BCUT2D eigenvalue weighted by Gasteiger charge is -2.49. The highest BCUT2D eigenvalue weighted by molar-refractivity contribution is 6.00. The normalized spacial score (nSPS) is 23.7. The van der Waals surface area contributed by atoms with E-state index in [2.05, 4.69) is 11.9 Å². The maximum atomic E-state index is 13.0. The van der Waals surface area contributed by atoms with Crippen molar-refractivity contribution in [2.24, 2.45) is 5.92 Å². The van der Waals surface area contributed by atoms with Gasteiger partial charge in [-0.1, -0.05) is 33.8 Å². The van der Waals surface area contributed by atoms with Crippen molar-refractivity contribution in [1.82, 2.24) is 10.2 Å². The Hall–Kier alpha value is -1.32. The topological polar surface area (TPSA) is 49.4 Å². The van der Waals surface area contributed by atoms with Gasteiger partial charge in [0, 0.05) is 6.04 Å². The molecule has 1 saturated heterocycles. The number of nitrogens with one attached hydrogen (secondary N) is 1. The lowest BCUT2D eigenvalue weighted by atomic mass is 9.84. The van der Waals surface area contributed by atoms with Gasteiger partial charge in [0.25, 0.3) is 0 Å². The van der Waals surface area contributed by atoms with E-state index >= 15 is 0 Å². The number of carbonyl (C=O) groups is 2. The Labute approximate surface area is 122 Å². The van der Waals surface area contributed by atoms with Gasteiger partial charge in [0.2, 0.25) is 11.8 Å². The molecule has 1 heterocycles. The quantitative estimate of drug-likeness (QED) is 0.760. The fourth-order valence-electron chi connectivity index (χ4n) is 3.05. The first-order valence-electron chi connectivity index (χ1n) is 7.60. The van der Waals surface area contributed by atoms with Crippen LogP contribution in [-0.2, 0) is 9.59 Å². The Kier molecular flexibility index (Phi) is 5.37. The number of rotatable bonds is 6. The largest absolute Gasteiger partial charge is 0.340 e. The van der Waals surface area contributed by atoms with E-state index in [4.69, 9.17) is 0 Å². The van der Waals surface area contributed by atoms with Crippen LogP contribution in [0.3, 0.4) is 0 Å². The van der Waals surface area contributed by atoms with Crippen LogP contribution in [0.2, 0.25) is 0 Å². The maximum absolute atomic E-state index is 13.0. The van der Waals surface area contributed by atoms with E-state index in [1.165, 1.54) is 0 Å². The van der Waals surface area contributed by atoms with Gasteiger partial charge in [0.05, 0.1) is 0 Å². The van der Waals surface area contributed by atoms with Gasteiger partial charge in [-0.3, -0.25) is 9.59 Å². The molecule has 2 atom stereocenters. The second-order valence-electron chi connectivity index (χ2n) is 6.05. The number of carbonyl (C=O) groups excluding carboxylic acids is 2. The van der Waals surface area contributed by atoms with Crippen LogP contribution in [0.1, 0.15) is 53.9 Å². The molecule has 0 aliphatic carbocycles. The van der Waals surface area contributed by atoms with Crippen molar-refractivity contribution in [1.29, 1.82) is 0 Å². The van der Waals surface area contributed by atoms with Crippen molar-refractivity contribution in [2.75, 3.05) is 0 Å². The lowest BCUT2D eigenvalue weighted by Crippen LogP contribution is -2.72. The zero-order valence-electron chi connectivity index (χ0n) is 13.4. The molecule has 4 nitrogen and oxygen atoms in total. The number of piperazine rings is 1. The second kappa shape index (κ2) is 6.42. The fourth-order valence-corrected chi connectivity index (χ4v) is 3.05. The van der Waals surface area contributed by atoms with Crippen LogP contribution >= 0.6 is 0 Å². The highest BCUT2D eigenvalue weighted by Gasteiger charge is 2.50. The first-order chi connectivity index (χ1) is 9.34. The molecule has 1 rings (SSSR count). The van der Waals surface area contributed by atoms with Crippen molar-refractivity contribution in [3.63, 3.8) is 0 Å². The molecule has 1 fully saturated rings. The summed E-state index contributed by atoms with van der Waals surface area (Å²) in [6.07, 6.45) is 3.75. The molecule has 1 aliphatic heterocycles. The van der Waals surface area contributed by atoms with Crippen LogP contribution < -0.4 is 5.32 Å². The second-order valence-corrected chi connectivity index (χ2v) is 6.05. The van der Waals surface area contributed by atoms with Crippen molar-refractivity contribution in [3.05, 3.63) is 12.7 Å². The fraction of sp³-hybridized carbons (Fsp3) is 0.750. The maximum Gasteiger partial charge on any atom is 0.249 e. The van der Waals surface area contributed by atoms with Gasteiger partial charge < -0.3 is 10.2 Å². The molecular formula is C16H28N2O2. The Morgan fingerprint density at radius 1 is 1.30 bits per heavy atom. The van der Waals surface area contributed by atoms with Crippen LogP contribution in [0.25, 0.3) is 0 Å². The van der Waals surface area contributed by atoms with E-state index in [0.29, 0.717) is 19.3 Å². The van der Waals surface area contributed by atoms with E-state index in [1.54, 1.807) is 11.0 Å². The first kappa shape index (κ1) is 16.7. The summed E-state index contributed by atoms with van der Waals surface area (Å²) in [5.41, 5.74) is -0.738. The van der Waals surface area contributed by atoms with E-state index in [-0.39, 0.29) is 29.8 Å². The number of hydrogen-bond donors (Lipinski definition) is 1. The zero-order valence-corrected chi connectivity index (χ0v) is 13.4. The van der Waals surface area contributed by atoms with Gasteiger partial charge in [-0.2, -0.15) is 0 Å². The molecule has 114 valence electrons. The summed E-state index contributed by atoms with van der Waals surface area (Å²) in [6.45, 7) is 13.6. The van der Waals surface area contributed by atoms with Crippen molar-refractivity contribution in [3.8, 4) is 0 Å². The van der Waals surface area contributed by atoms with Gasteiger partial charge in [-0.05, 0) is 32.1 Å². The van der Waals surface area contributed by atoms with Crippen molar-refractivity contribution >= 4 is 11.8 Å². The molecule has 0 aromatic heterocycles. The highest BCUT2D eigenvalue weighted by Crippen LogP contribution is 2.30. The Bertz CT molecular complexity index is 386. The third-order valence-corrected chi connectivity index (χ3v) is 4.40. The molecule has 0 radical (unpaired) electrons. The summed E-state index contributed by atoms with van der Waals surface area (Å²) >= 11 is 0. The minimum absolute atomic E-state index is 0.00377. The van der Waals surface area contributed by atoms with E-state index in [9.17, 15) is 9.59 Å². The molecule has 0 saturated carbocycles. The molecule has 20 heavy (non-hydrogen) atoms. The third kappa shape index (κ3) is 2.74. The van der Waals surface area contributed by atoms with E-state index in [0.717, 1.165) is 0 Å². The number of hydrogen-bond acceptors (Lipinski definition) is 2. The molecule has 2 amide bonds. The zero-order chi connectivity index (χ0) is 15.5. The van der Waals surface area contributed by atoms with Crippen LogP contribution in [0.4, 0.5) is 0 Å². The van der Waals surface area contributed by atoms with Crippen molar-refractivity contribution in [2.45, 2.75) is 71.5 Å². The highest BCUT2D eigenvalue weighted by atomic mass is 16.2. The van der Waals surface area contributed by atoms with Gasteiger partial charge in [-0.15, -0.1) is 6.58 Å². The minimum atomic E-state index is -0.738. The van der Waals surface area contributed by atoms with Gasteiger partial charge in [-0.25, -0.2) is 0 Å². The molecule has 0 bridgehead atoms. The van der Waals surface area contributed by atoms with Crippen molar-refractivity contribution < 1.29 is 9.59 Å². The summed E-state index contributed by atoms with van der Waals surface area (Å²) in [6, 6.07) is -0.389. The molecule has 1 N–H and O–H groups in total. The molecule has 4 heteroatoms. The molecule has 0 aromatic carbocycles. The average Bonchev–Trinajstić information content (AvgIpc) is 2.40. The van der Waals surface area contributed by atoms with Gasteiger partial charge >= 0.3 is 0 Å². The summed E-state index contributed by atoms with van der Waals surface area (Å²) in [5.74, 6) is 0.118. The van der Waals surface area contributed by atoms with E-state index < -0.39 is 5.54 Å². The lowest BCUT2D eigenvalue weighted by molar-refractivity contribution is -0.160. The van der Waals surface area contributed by atoms with Gasteiger partial charge in [0.1, 0.15) is 11.6 Å². The average molecular weight is 280 g/mol. The summed E-state index contributed by atoms with van der Waals surface area (Å²) < 4.78 is 0. The Morgan fingerprint density at radius 3 is 2.25 bits per heavy atom. The molecule has 1 aliphatic rings. The molecule has 0 aromatic rings. The van der Waals surface area contributed by atoms with Gasteiger partial charge in [0.15, 0.2) is 0 Å². The van der Waals surface area contributed by atoms with Crippen LogP contribution in [0.15, 0.2) is 12.7 Å². The van der Waals surface area contributed by atoms with Crippen LogP contribution in [0, 0.1) is 5.92 Å². The third-order valence-electron chi connectivity index (χ3n) is 4.40. The summed E-state index contributed by atoms with van der Waals surface area (Å²) in [4.78, 5) is 27.3. The predicted molar refractivity (Wildman–Crippen MR) is 81.2 cm³/mol. The molecule has 2 unspecified atom stereocenters. The summed E-state index contributed by atoms with van der Waals surface area (Å²) in [5, 5.41) is 2.98. The van der Waals surface area contributed by atoms with E-state index in [1.807, 2.05) is 34.6 Å². The minimum Gasteiger partial charge on any atom is -0.340 e. The predicted octanol–water partition coefficient (Wildman–Crippen LogP) is 2.49. The smallest absolute Gasteiger partial charge is 0.249 e. The number of nitrogens with zero attached hydrogens (tertiary/aromatic N) is 1. The van der Waals surface area contributed by atoms with Crippen LogP contribution in [-0.4, -0.2) is 34.3 Å². The Morgan fingerprint density at radius 2 is 1.85 bits per heavy atom. The monoisotopic (exact) mass is 280 g/mol. The van der Waals surface area contributed by atoms with Crippen LogP contribution in [0.5, 0.6) is 0 Å². The Balaban J connectivity index is 3.23. The SMILES string of the molecule is C=CCC(C)N1C(=O)C(CC)(CC)NC(=O)C1C(C)C.